The maximum atomic E-state index is 8.59. The molecule has 1 aromatic rings. The van der Waals surface area contributed by atoms with Crippen LogP contribution in [0, 0.1) is 11.3 Å². The van der Waals surface area contributed by atoms with Crippen molar-refractivity contribution in [2.24, 2.45) is 0 Å². The summed E-state index contributed by atoms with van der Waals surface area (Å²) in [5.74, 6) is 0.694. The van der Waals surface area contributed by atoms with E-state index in [1.165, 1.54) is 0 Å². The Balaban J connectivity index is 2.76. The zero-order valence-electron chi connectivity index (χ0n) is 5.87. The summed E-state index contributed by atoms with van der Waals surface area (Å²) in [6, 6.07) is 5.79. The first kappa shape index (κ1) is 6.88. The quantitative estimate of drug-likeness (QED) is 0.623. The number of furan rings is 1. The Kier molecular flexibility index (Phi) is 2.11. The van der Waals surface area contributed by atoms with Gasteiger partial charge in [-0.2, -0.15) is 5.26 Å². The highest BCUT2D eigenvalue weighted by molar-refractivity contribution is 5.12. The first-order valence-corrected chi connectivity index (χ1v) is 3.31. The zero-order valence-corrected chi connectivity index (χ0v) is 5.87. The first-order valence-electron chi connectivity index (χ1n) is 3.31. The van der Waals surface area contributed by atoms with E-state index in [0.717, 1.165) is 12.2 Å². The molecule has 0 saturated carbocycles. The minimum absolute atomic E-state index is 0.0741. The molecule has 52 valence electrons. The second-order valence-corrected chi connectivity index (χ2v) is 2.11. The summed E-state index contributed by atoms with van der Waals surface area (Å²) < 4.78 is 5.05. The van der Waals surface area contributed by atoms with Crippen LogP contribution in [0.1, 0.15) is 25.0 Å². The summed E-state index contributed by atoms with van der Waals surface area (Å²) >= 11 is 0. The smallest absolute Gasteiger partial charge is 0.120 e. The molecule has 0 N–H and O–H groups in total. The number of hydrogen-bond acceptors (Lipinski definition) is 2. The summed E-state index contributed by atoms with van der Waals surface area (Å²) in [6.45, 7) is 1.97. The van der Waals surface area contributed by atoms with Crippen molar-refractivity contribution < 1.29 is 4.42 Å². The fourth-order valence-corrected chi connectivity index (χ4v) is 0.846. The van der Waals surface area contributed by atoms with Crippen LogP contribution in [-0.2, 0) is 0 Å². The lowest BCUT2D eigenvalue weighted by Gasteiger charge is -1.98. The molecule has 1 aromatic heterocycles. The standard InChI is InChI=1S/C8H9NO/c1-2-7(6-9)8-4-3-5-10-8/h3-5,7H,2H2,1H3. The summed E-state index contributed by atoms with van der Waals surface area (Å²) in [7, 11) is 0. The van der Waals surface area contributed by atoms with Gasteiger partial charge in [-0.3, -0.25) is 0 Å². The van der Waals surface area contributed by atoms with Gasteiger partial charge in [-0.25, -0.2) is 0 Å². The van der Waals surface area contributed by atoms with E-state index in [1.807, 2.05) is 13.0 Å². The fourth-order valence-electron chi connectivity index (χ4n) is 0.846. The highest BCUT2D eigenvalue weighted by Crippen LogP contribution is 2.17. The maximum Gasteiger partial charge on any atom is 0.120 e. The van der Waals surface area contributed by atoms with Crippen molar-refractivity contribution in [3.8, 4) is 6.07 Å². The van der Waals surface area contributed by atoms with E-state index in [4.69, 9.17) is 9.68 Å². The van der Waals surface area contributed by atoms with Crippen LogP contribution in [0.5, 0.6) is 0 Å². The molecule has 0 radical (unpaired) electrons. The van der Waals surface area contributed by atoms with Gasteiger partial charge in [0.2, 0.25) is 0 Å². The minimum atomic E-state index is -0.0741. The van der Waals surface area contributed by atoms with Gasteiger partial charge in [0.1, 0.15) is 11.7 Å². The molecule has 0 aliphatic rings. The molecule has 0 bridgehead atoms. The van der Waals surface area contributed by atoms with Crippen molar-refractivity contribution in [2.75, 3.05) is 0 Å². The number of rotatable bonds is 2. The lowest BCUT2D eigenvalue weighted by molar-refractivity contribution is 0.488. The molecule has 1 atom stereocenters. The average molecular weight is 135 g/mol. The summed E-state index contributed by atoms with van der Waals surface area (Å²) in [6.07, 6.45) is 2.40. The van der Waals surface area contributed by atoms with Gasteiger partial charge in [0, 0.05) is 0 Å². The highest BCUT2D eigenvalue weighted by atomic mass is 16.3. The third-order valence-corrected chi connectivity index (χ3v) is 1.45. The van der Waals surface area contributed by atoms with Crippen LogP contribution in [0.2, 0.25) is 0 Å². The predicted octanol–water partition coefficient (Wildman–Crippen LogP) is 2.30. The first-order chi connectivity index (χ1) is 4.88. The molecule has 0 amide bonds. The Morgan fingerprint density at radius 1 is 1.80 bits per heavy atom. The second-order valence-electron chi connectivity index (χ2n) is 2.11. The molecular weight excluding hydrogens is 126 g/mol. The van der Waals surface area contributed by atoms with Crippen molar-refractivity contribution >= 4 is 0 Å². The van der Waals surface area contributed by atoms with Crippen molar-refractivity contribution in [1.82, 2.24) is 0 Å². The Hall–Kier alpha value is -1.23. The number of hydrogen-bond donors (Lipinski definition) is 0. The fraction of sp³-hybridized carbons (Fsp3) is 0.375. The summed E-state index contributed by atoms with van der Waals surface area (Å²) in [5.41, 5.74) is 0. The van der Waals surface area contributed by atoms with E-state index in [9.17, 15) is 0 Å². The summed E-state index contributed by atoms with van der Waals surface area (Å²) in [4.78, 5) is 0. The van der Waals surface area contributed by atoms with Crippen LogP contribution in [0.15, 0.2) is 22.8 Å². The highest BCUT2D eigenvalue weighted by Gasteiger charge is 2.08. The van der Waals surface area contributed by atoms with E-state index < -0.39 is 0 Å². The van der Waals surface area contributed by atoms with Crippen LogP contribution < -0.4 is 0 Å². The molecule has 2 nitrogen and oxygen atoms in total. The van der Waals surface area contributed by atoms with Gasteiger partial charge < -0.3 is 4.42 Å². The largest absolute Gasteiger partial charge is 0.468 e. The van der Waals surface area contributed by atoms with Crippen molar-refractivity contribution in [1.29, 1.82) is 5.26 Å². The molecule has 1 unspecified atom stereocenters. The molecule has 0 aromatic carbocycles. The molecule has 0 aliphatic carbocycles. The Morgan fingerprint density at radius 3 is 3.00 bits per heavy atom. The molecule has 1 heterocycles. The molecule has 0 fully saturated rings. The zero-order chi connectivity index (χ0) is 7.40. The van der Waals surface area contributed by atoms with Crippen LogP contribution in [0.25, 0.3) is 0 Å². The lowest BCUT2D eigenvalue weighted by Crippen LogP contribution is -1.89. The predicted molar refractivity (Wildman–Crippen MR) is 37.4 cm³/mol. The molecule has 0 saturated heterocycles. The molecule has 10 heavy (non-hydrogen) atoms. The van der Waals surface area contributed by atoms with E-state index in [0.29, 0.717) is 0 Å². The van der Waals surface area contributed by atoms with E-state index >= 15 is 0 Å². The van der Waals surface area contributed by atoms with E-state index in [2.05, 4.69) is 6.07 Å². The monoisotopic (exact) mass is 135 g/mol. The SMILES string of the molecule is CCC(C#N)c1ccco1. The minimum Gasteiger partial charge on any atom is -0.468 e. The molecule has 2 heteroatoms. The average Bonchev–Trinajstić information content (AvgIpc) is 2.43. The second kappa shape index (κ2) is 3.07. The van der Waals surface area contributed by atoms with Gasteiger partial charge in [-0.05, 0) is 18.6 Å². The molecule has 0 spiro atoms. The van der Waals surface area contributed by atoms with Gasteiger partial charge in [0.25, 0.3) is 0 Å². The van der Waals surface area contributed by atoms with Crippen molar-refractivity contribution in [3.63, 3.8) is 0 Å². The van der Waals surface area contributed by atoms with Gasteiger partial charge in [-0.1, -0.05) is 6.92 Å². The van der Waals surface area contributed by atoms with Crippen LogP contribution in [0.4, 0.5) is 0 Å². The molecular formula is C8H9NO. The van der Waals surface area contributed by atoms with Crippen LogP contribution in [-0.4, -0.2) is 0 Å². The third kappa shape index (κ3) is 1.19. The third-order valence-electron chi connectivity index (χ3n) is 1.45. The van der Waals surface area contributed by atoms with Gasteiger partial charge >= 0.3 is 0 Å². The maximum absolute atomic E-state index is 8.59. The van der Waals surface area contributed by atoms with Crippen LogP contribution in [0.3, 0.4) is 0 Å². The molecule has 0 aliphatic heterocycles. The Labute approximate surface area is 60.1 Å². The number of nitrogens with zero attached hydrogens (tertiary/aromatic N) is 1. The van der Waals surface area contributed by atoms with E-state index in [-0.39, 0.29) is 5.92 Å². The van der Waals surface area contributed by atoms with Gasteiger partial charge in [0.15, 0.2) is 0 Å². The Bertz CT molecular complexity index is 220. The summed E-state index contributed by atoms with van der Waals surface area (Å²) in [5, 5.41) is 8.59. The van der Waals surface area contributed by atoms with E-state index in [1.54, 1.807) is 12.3 Å². The number of nitriles is 1. The van der Waals surface area contributed by atoms with Crippen LogP contribution >= 0.6 is 0 Å². The Morgan fingerprint density at radius 2 is 2.60 bits per heavy atom. The van der Waals surface area contributed by atoms with Gasteiger partial charge in [0.05, 0.1) is 12.3 Å². The van der Waals surface area contributed by atoms with Crippen molar-refractivity contribution in [3.05, 3.63) is 24.2 Å². The van der Waals surface area contributed by atoms with Crippen molar-refractivity contribution in [2.45, 2.75) is 19.3 Å². The molecule has 1 rings (SSSR count). The topological polar surface area (TPSA) is 36.9 Å². The normalized spacial score (nSPS) is 12.4. The van der Waals surface area contributed by atoms with Gasteiger partial charge in [-0.15, -0.1) is 0 Å². The lowest BCUT2D eigenvalue weighted by atomic mass is 10.1.